The lowest BCUT2D eigenvalue weighted by Crippen LogP contribution is -2.48. The summed E-state index contributed by atoms with van der Waals surface area (Å²) in [5.74, 6) is 0. The average molecular weight is 334 g/mol. The van der Waals surface area contributed by atoms with Gasteiger partial charge in [-0.3, -0.25) is 0 Å². The number of hydrogen-bond donors (Lipinski definition) is 3. The van der Waals surface area contributed by atoms with Gasteiger partial charge in [-0.05, 0) is 38.9 Å². The number of aliphatic hydroxyl groups is 1. The van der Waals surface area contributed by atoms with Crippen molar-refractivity contribution < 1.29 is 9.90 Å². The number of benzene rings is 1. The van der Waals surface area contributed by atoms with Gasteiger partial charge in [-0.2, -0.15) is 0 Å². The van der Waals surface area contributed by atoms with Crippen LogP contribution in [-0.2, 0) is 0 Å². The third-order valence-corrected chi connectivity index (χ3v) is 4.86. The maximum Gasteiger partial charge on any atom is 0.319 e. The summed E-state index contributed by atoms with van der Waals surface area (Å²) in [6.45, 7) is 7.96. The first-order chi connectivity index (χ1) is 11.5. The van der Waals surface area contributed by atoms with Crippen molar-refractivity contribution in [3.63, 3.8) is 0 Å². The van der Waals surface area contributed by atoms with Gasteiger partial charge in [0, 0.05) is 38.3 Å². The SMILES string of the molecule is CCC(C)(CCO)NC(=O)Nc1ccccc1N1CCN(C)CC1. The van der Waals surface area contributed by atoms with E-state index in [1.807, 2.05) is 38.1 Å². The number of rotatable bonds is 6. The Balaban J connectivity index is 2.05. The van der Waals surface area contributed by atoms with Crippen molar-refractivity contribution >= 4 is 17.4 Å². The Bertz CT molecular complexity index is 544. The second-order valence-electron chi connectivity index (χ2n) is 6.77. The van der Waals surface area contributed by atoms with Gasteiger partial charge in [0.1, 0.15) is 0 Å². The molecule has 1 saturated heterocycles. The van der Waals surface area contributed by atoms with Gasteiger partial charge < -0.3 is 25.5 Å². The third kappa shape index (κ3) is 4.85. The number of aliphatic hydroxyl groups excluding tert-OH is 1. The highest BCUT2D eigenvalue weighted by Crippen LogP contribution is 2.26. The van der Waals surface area contributed by atoms with Crippen LogP contribution in [-0.4, -0.2) is 61.4 Å². The van der Waals surface area contributed by atoms with E-state index in [4.69, 9.17) is 0 Å². The van der Waals surface area contributed by atoms with E-state index >= 15 is 0 Å². The Labute approximate surface area is 144 Å². The van der Waals surface area contributed by atoms with Gasteiger partial charge in [-0.25, -0.2) is 4.79 Å². The molecule has 1 heterocycles. The van der Waals surface area contributed by atoms with Crippen LogP contribution in [0.5, 0.6) is 0 Å². The number of likely N-dealkylation sites (N-methyl/N-ethyl adjacent to an activating group) is 1. The second kappa shape index (κ2) is 8.35. The molecule has 0 spiro atoms. The molecule has 0 saturated carbocycles. The average Bonchev–Trinajstić information content (AvgIpc) is 2.56. The summed E-state index contributed by atoms with van der Waals surface area (Å²) >= 11 is 0. The van der Waals surface area contributed by atoms with Crippen molar-refractivity contribution in [2.45, 2.75) is 32.2 Å². The van der Waals surface area contributed by atoms with E-state index in [-0.39, 0.29) is 12.6 Å². The maximum absolute atomic E-state index is 12.4. The number of urea groups is 1. The zero-order valence-corrected chi connectivity index (χ0v) is 15.0. The summed E-state index contributed by atoms with van der Waals surface area (Å²) in [6.07, 6.45) is 1.30. The molecule has 1 aromatic carbocycles. The molecule has 0 aliphatic carbocycles. The van der Waals surface area contributed by atoms with Crippen molar-refractivity contribution in [3.05, 3.63) is 24.3 Å². The molecule has 2 rings (SSSR count). The molecule has 0 radical (unpaired) electrons. The lowest BCUT2D eigenvalue weighted by molar-refractivity contribution is 0.208. The van der Waals surface area contributed by atoms with Gasteiger partial charge in [0.25, 0.3) is 0 Å². The molecule has 6 heteroatoms. The summed E-state index contributed by atoms with van der Waals surface area (Å²) in [5, 5.41) is 15.2. The normalized spacial score (nSPS) is 18.1. The van der Waals surface area contributed by atoms with Crippen molar-refractivity contribution in [2.24, 2.45) is 0 Å². The Morgan fingerprint density at radius 2 is 1.92 bits per heavy atom. The zero-order valence-electron chi connectivity index (χ0n) is 15.0. The fourth-order valence-corrected chi connectivity index (χ4v) is 2.90. The van der Waals surface area contributed by atoms with Crippen LogP contribution in [0.15, 0.2) is 24.3 Å². The summed E-state index contributed by atoms with van der Waals surface area (Å²) < 4.78 is 0. The lowest BCUT2D eigenvalue weighted by atomic mass is 9.95. The van der Waals surface area contributed by atoms with Crippen LogP contribution in [0.3, 0.4) is 0 Å². The van der Waals surface area contributed by atoms with Crippen LogP contribution in [0.25, 0.3) is 0 Å². The number of carbonyl (C=O) groups excluding carboxylic acids is 1. The van der Waals surface area contributed by atoms with Gasteiger partial charge in [0.05, 0.1) is 11.4 Å². The van der Waals surface area contributed by atoms with Crippen LogP contribution in [0.2, 0.25) is 0 Å². The van der Waals surface area contributed by atoms with Crippen molar-refractivity contribution in [2.75, 3.05) is 50.1 Å². The highest BCUT2D eigenvalue weighted by Gasteiger charge is 2.24. The molecule has 0 bridgehead atoms. The number of anilines is 2. The topological polar surface area (TPSA) is 67.8 Å². The molecule has 2 amide bonds. The molecule has 1 fully saturated rings. The monoisotopic (exact) mass is 334 g/mol. The molecule has 1 aliphatic rings. The minimum Gasteiger partial charge on any atom is -0.396 e. The molecule has 0 aromatic heterocycles. The Morgan fingerprint density at radius 1 is 1.25 bits per heavy atom. The minimum absolute atomic E-state index is 0.0580. The van der Waals surface area contributed by atoms with Gasteiger partial charge in [-0.15, -0.1) is 0 Å². The van der Waals surface area contributed by atoms with Crippen molar-refractivity contribution in [3.8, 4) is 0 Å². The fraction of sp³-hybridized carbons (Fsp3) is 0.611. The molecule has 24 heavy (non-hydrogen) atoms. The Morgan fingerprint density at radius 3 is 2.54 bits per heavy atom. The summed E-state index contributed by atoms with van der Waals surface area (Å²) in [7, 11) is 2.13. The smallest absolute Gasteiger partial charge is 0.319 e. The van der Waals surface area contributed by atoms with E-state index in [9.17, 15) is 9.90 Å². The van der Waals surface area contributed by atoms with E-state index in [0.29, 0.717) is 6.42 Å². The molecule has 134 valence electrons. The van der Waals surface area contributed by atoms with E-state index in [0.717, 1.165) is 44.0 Å². The summed E-state index contributed by atoms with van der Waals surface area (Å²) in [6, 6.07) is 7.69. The molecule has 1 aromatic rings. The van der Waals surface area contributed by atoms with Gasteiger partial charge in [0.15, 0.2) is 0 Å². The summed E-state index contributed by atoms with van der Waals surface area (Å²) in [4.78, 5) is 17.0. The first-order valence-corrected chi connectivity index (χ1v) is 8.70. The number of nitrogens with zero attached hydrogens (tertiary/aromatic N) is 2. The van der Waals surface area contributed by atoms with Crippen LogP contribution >= 0.6 is 0 Å². The molecule has 1 atom stereocenters. The molecule has 1 aliphatic heterocycles. The number of carbonyl (C=O) groups is 1. The molecular formula is C18H30N4O2. The van der Waals surface area contributed by atoms with Crippen LogP contribution in [0, 0.1) is 0 Å². The first kappa shape index (κ1) is 18.5. The van der Waals surface area contributed by atoms with E-state index in [1.54, 1.807) is 0 Å². The molecule has 6 nitrogen and oxygen atoms in total. The largest absolute Gasteiger partial charge is 0.396 e. The number of hydrogen-bond acceptors (Lipinski definition) is 4. The standard InChI is InChI=1S/C18H30N4O2/c1-4-18(2,9-14-23)20-17(24)19-15-7-5-6-8-16(15)22-12-10-21(3)11-13-22/h5-8,23H,4,9-14H2,1-3H3,(H2,19,20,24). The number of nitrogens with one attached hydrogen (secondary N) is 2. The maximum atomic E-state index is 12.4. The Kier molecular flexibility index (Phi) is 6.45. The second-order valence-corrected chi connectivity index (χ2v) is 6.77. The van der Waals surface area contributed by atoms with Crippen molar-refractivity contribution in [1.29, 1.82) is 0 Å². The van der Waals surface area contributed by atoms with E-state index in [1.165, 1.54) is 0 Å². The molecule has 1 unspecified atom stereocenters. The Hall–Kier alpha value is -1.79. The lowest BCUT2D eigenvalue weighted by Gasteiger charge is -2.35. The number of amides is 2. The predicted molar refractivity (Wildman–Crippen MR) is 98.7 cm³/mol. The highest BCUT2D eigenvalue weighted by molar-refractivity contribution is 5.93. The zero-order chi connectivity index (χ0) is 17.6. The fourth-order valence-electron chi connectivity index (χ4n) is 2.90. The third-order valence-electron chi connectivity index (χ3n) is 4.86. The van der Waals surface area contributed by atoms with Crippen LogP contribution in [0.1, 0.15) is 26.7 Å². The number of piperazine rings is 1. The molecular weight excluding hydrogens is 304 g/mol. The quantitative estimate of drug-likeness (QED) is 0.745. The number of para-hydroxylation sites is 2. The van der Waals surface area contributed by atoms with Crippen LogP contribution in [0.4, 0.5) is 16.2 Å². The van der Waals surface area contributed by atoms with Gasteiger partial charge in [-0.1, -0.05) is 19.1 Å². The molecule has 3 N–H and O–H groups in total. The van der Waals surface area contributed by atoms with Gasteiger partial charge in [0.2, 0.25) is 0 Å². The van der Waals surface area contributed by atoms with E-state index < -0.39 is 5.54 Å². The summed E-state index contributed by atoms with van der Waals surface area (Å²) in [5.41, 5.74) is 1.48. The van der Waals surface area contributed by atoms with Crippen LogP contribution < -0.4 is 15.5 Å². The van der Waals surface area contributed by atoms with Crippen molar-refractivity contribution in [1.82, 2.24) is 10.2 Å². The van der Waals surface area contributed by atoms with Gasteiger partial charge >= 0.3 is 6.03 Å². The minimum atomic E-state index is -0.401. The highest BCUT2D eigenvalue weighted by atomic mass is 16.3. The predicted octanol–water partition coefficient (Wildman–Crippen LogP) is 2.11. The first-order valence-electron chi connectivity index (χ1n) is 8.70. The van der Waals surface area contributed by atoms with E-state index in [2.05, 4.69) is 27.5 Å².